The van der Waals surface area contributed by atoms with Crippen molar-refractivity contribution in [3.8, 4) is 0 Å². The smallest absolute Gasteiger partial charge is 0.285 e. The van der Waals surface area contributed by atoms with Gasteiger partial charge in [0.1, 0.15) is 5.88 Å². The van der Waals surface area contributed by atoms with Crippen molar-refractivity contribution in [3.63, 3.8) is 0 Å². The minimum absolute atomic E-state index is 0.319. The molecule has 0 radical (unpaired) electrons. The summed E-state index contributed by atoms with van der Waals surface area (Å²) in [7, 11) is -2.42. The van der Waals surface area contributed by atoms with Gasteiger partial charge in [0.2, 0.25) is 0 Å². The first-order chi connectivity index (χ1) is 8.09. The molecule has 0 bridgehead atoms. The van der Waals surface area contributed by atoms with E-state index >= 15 is 0 Å². The molecule has 0 spiro atoms. The van der Waals surface area contributed by atoms with E-state index in [-0.39, 0.29) is 5.88 Å². The summed E-state index contributed by atoms with van der Waals surface area (Å²) in [6.07, 6.45) is 3.12. The van der Waals surface area contributed by atoms with Crippen LogP contribution < -0.4 is 10.5 Å². The van der Waals surface area contributed by atoms with Gasteiger partial charge in [0, 0.05) is 12.4 Å². The molecule has 0 unspecified atom stereocenters. The molecule has 94 valence electrons. The number of nitrogens with one attached hydrogen (secondary N) is 1. The van der Waals surface area contributed by atoms with E-state index in [1.807, 2.05) is 6.07 Å². The van der Waals surface area contributed by atoms with Crippen molar-refractivity contribution in [1.82, 2.24) is 10.3 Å². The molecular weight excluding hydrogens is 262 g/mol. The van der Waals surface area contributed by atoms with Crippen LogP contribution in [0.2, 0.25) is 0 Å². The van der Waals surface area contributed by atoms with Crippen molar-refractivity contribution in [2.75, 3.05) is 13.0 Å². The first kappa shape index (κ1) is 14.0. The first-order valence-corrected chi connectivity index (χ1v) is 7.05. The van der Waals surface area contributed by atoms with E-state index in [0.29, 0.717) is 10.6 Å². The Morgan fingerprint density at radius 1 is 1.65 bits per heavy atom. The van der Waals surface area contributed by atoms with Crippen molar-refractivity contribution < 1.29 is 12.6 Å². The third-order valence-corrected chi connectivity index (χ3v) is 3.40. The zero-order valence-corrected chi connectivity index (χ0v) is 10.8. The topological polar surface area (TPSA) is 94.3 Å². The highest BCUT2D eigenvalue weighted by molar-refractivity contribution is 8.06. The maximum absolute atomic E-state index is 11.0. The summed E-state index contributed by atoms with van der Waals surface area (Å²) >= 11 is 0.982. The second-order valence-corrected chi connectivity index (χ2v) is 5.33. The molecule has 0 aliphatic rings. The van der Waals surface area contributed by atoms with Crippen LogP contribution in [0.5, 0.6) is 0 Å². The van der Waals surface area contributed by atoms with Gasteiger partial charge < -0.3 is 5.32 Å². The summed E-state index contributed by atoms with van der Waals surface area (Å²) < 4.78 is 26.4. The SMILES string of the molecule is COS(=O)(=O)CN/C=C(\SN)c1ccccn1. The number of pyridine rings is 1. The molecule has 1 rings (SSSR count). The van der Waals surface area contributed by atoms with Gasteiger partial charge in [-0.05, 0) is 24.1 Å². The van der Waals surface area contributed by atoms with E-state index in [1.54, 1.807) is 18.3 Å². The quantitative estimate of drug-likeness (QED) is 0.577. The van der Waals surface area contributed by atoms with E-state index in [0.717, 1.165) is 19.1 Å². The summed E-state index contributed by atoms with van der Waals surface area (Å²) in [5.74, 6) is -0.319. The van der Waals surface area contributed by atoms with Crippen LogP contribution in [0.1, 0.15) is 5.69 Å². The third kappa shape index (κ3) is 4.73. The summed E-state index contributed by atoms with van der Waals surface area (Å²) in [5.41, 5.74) is 0.669. The standard InChI is InChI=1S/C9H13N3O3S2/c1-15-17(13,14)7-11-6-9(16-10)8-4-2-3-5-12-8/h2-6,11H,7,10H2,1H3/b9-6-. The van der Waals surface area contributed by atoms with Crippen molar-refractivity contribution >= 4 is 27.0 Å². The minimum Gasteiger partial charge on any atom is -0.375 e. The molecular formula is C9H13N3O3S2. The largest absolute Gasteiger partial charge is 0.375 e. The fourth-order valence-corrected chi connectivity index (χ4v) is 1.77. The fraction of sp³-hybridized carbons (Fsp3) is 0.222. The first-order valence-electron chi connectivity index (χ1n) is 4.59. The zero-order chi connectivity index (χ0) is 12.7. The Labute approximate surface area is 105 Å². The average Bonchev–Trinajstić information content (AvgIpc) is 2.36. The van der Waals surface area contributed by atoms with Crippen LogP contribution in [0, 0.1) is 0 Å². The van der Waals surface area contributed by atoms with Crippen LogP contribution in [0.3, 0.4) is 0 Å². The van der Waals surface area contributed by atoms with E-state index in [2.05, 4.69) is 14.5 Å². The van der Waals surface area contributed by atoms with Crippen molar-refractivity contribution in [2.24, 2.45) is 5.14 Å². The molecule has 6 nitrogen and oxygen atoms in total. The molecule has 0 aliphatic heterocycles. The second-order valence-electron chi connectivity index (χ2n) is 2.91. The fourth-order valence-electron chi connectivity index (χ4n) is 0.972. The normalized spacial score (nSPS) is 12.5. The number of nitrogens with two attached hydrogens (primary N) is 1. The number of nitrogens with zero attached hydrogens (tertiary/aromatic N) is 1. The summed E-state index contributed by atoms with van der Waals surface area (Å²) in [6, 6.07) is 5.38. The van der Waals surface area contributed by atoms with Gasteiger partial charge in [0.15, 0.2) is 0 Å². The molecule has 0 saturated heterocycles. The molecule has 0 aromatic carbocycles. The van der Waals surface area contributed by atoms with Crippen LogP contribution in [0.15, 0.2) is 30.6 Å². The maximum atomic E-state index is 11.0. The highest BCUT2D eigenvalue weighted by Gasteiger charge is 2.07. The van der Waals surface area contributed by atoms with E-state index in [9.17, 15) is 8.42 Å². The van der Waals surface area contributed by atoms with Gasteiger partial charge in [-0.3, -0.25) is 14.3 Å². The summed E-state index contributed by atoms with van der Waals surface area (Å²) in [4.78, 5) is 4.73. The van der Waals surface area contributed by atoms with E-state index < -0.39 is 10.1 Å². The predicted octanol–water partition coefficient (Wildman–Crippen LogP) is 0.510. The third-order valence-electron chi connectivity index (χ3n) is 1.79. The predicted molar refractivity (Wildman–Crippen MR) is 67.9 cm³/mol. The lowest BCUT2D eigenvalue weighted by atomic mass is 10.3. The van der Waals surface area contributed by atoms with Gasteiger partial charge in [-0.25, -0.2) is 0 Å². The molecule has 0 aliphatic carbocycles. The average molecular weight is 275 g/mol. The molecule has 8 heteroatoms. The van der Waals surface area contributed by atoms with Crippen molar-refractivity contribution in [1.29, 1.82) is 0 Å². The monoisotopic (exact) mass is 275 g/mol. The lowest BCUT2D eigenvalue weighted by Gasteiger charge is -2.05. The van der Waals surface area contributed by atoms with Gasteiger partial charge >= 0.3 is 0 Å². The van der Waals surface area contributed by atoms with Crippen LogP contribution in [0.25, 0.3) is 4.91 Å². The zero-order valence-electron chi connectivity index (χ0n) is 9.16. The Hall–Kier alpha value is -1.09. The molecule has 17 heavy (non-hydrogen) atoms. The second kappa shape index (κ2) is 6.60. The highest BCUT2D eigenvalue weighted by atomic mass is 32.2. The van der Waals surface area contributed by atoms with Crippen molar-refractivity contribution in [3.05, 3.63) is 36.3 Å². The highest BCUT2D eigenvalue weighted by Crippen LogP contribution is 2.19. The minimum atomic E-state index is -3.53. The van der Waals surface area contributed by atoms with Gasteiger partial charge in [-0.1, -0.05) is 6.07 Å². The molecule has 0 saturated carbocycles. The molecule has 0 fully saturated rings. The van der Waals surface area contributed by atoms with Crippen LogP contribution in [-0.2, 0) is 14.3 Å². The number of rotatable bonds is 6. The van der Waals surface area contributed by atoms with Crippen LogP contribution >= 0.6 is 11.9 Å². The van der Waals surface area contributed by atoms with Gasteiger partial charge in [-0.2, -0.15) is 8.42 Å². The van der Waals surface area contributed by atoms with Crippen LogP contribution in [-0.4, -0.2) is 26.4 Å². The molecule has 1 aromatic heterocycles. The Kier molecular flexibility index (Phi) is 5.42. The molecule has 1 aromatic rings. The Morgan fingerprint density at radius 2 is 2.41 bits per heavy atom. The molecule has 0 atom stereocenters. The number of aromatic nitrogens is 1. The number of hydrogen-bond acceptors (Lipinski definition) is 7. The lowest BCUT2D eigenvalue weighted by Crippen LogP contribution is -2.19. The van der Waals surface area contributed by atoms with E-state index in [1.165, 1.54) is 6.20 Å². The van der Waals surface area contributed by atoms with Gasteiger partial charge in [-0.15, -0.1) is 0 Å². The number of hydrogen-bond donors (Lipinski definition) is 2. The Balaban J connectivity index is 2.70. The van der Waals surface area contributed by atoms with E-state index in [4.69, 9.17) is 5.14 Å². The lowest BCUT2D eigenvalue weighted by molar-refractivity contribution is 0.396. The Bertz CT molecular complexity index is 474. The maximum Gasteiger partial charge on any atom is 0.285 e. The summed E-state index contributed by atoms with van der Waals surface area (Å²) in [6.45, 7) is 0. The van der Waals surface area contributed by atoms with Crippen LogP contribution in [0.4, 0.5) is 0 Å². The van der Waals surface area contributed by atoms with Gasteiger partial charge in [0.05, 0.1) is 17.7 Å². The summed E-state index contributed by atoms with van der Waals surface area (Å²) in [5, 5.41) is 8.09. The van der Waals surface area contributed by atoms with Crippen molar-refractivity contribution in [2.45, 2.75) is 0 Å². The Morgan fingerprint density at radius 3 is 2.94 bits per heavy atom. The molecule has 3 N–H and O–H groups in total. The molecule has 0 amide bonds. The van der Waals surface area contributed by atoms with Gasteiger partial charge in [0.25, 0.3) is 10.1 Å². The molecule has 1 heterocycles.